The Morgan fingerprint density at radius 1 is 1.50 bits per heavy atom. The fourth-order valence-electron chi connectivity index (χ4n) is 0.759. The number of hydrogen-bond acceptors (Lipinski definition) is 7. The number of carbonyl (C=O) groups excluding carboxylic acids is 1. The Morgan fingerprint density at radius 2 is 2.00 bits per heavy atom. The van der Waals surface area contributed by atoms with E-state index in [0.29, 0.717) is 0 Å². The van der Waals surface area contributed by atoms with Crippen LogP contribution in [0.4, 0.5) is 0 Å². The highest BCUT2D eigenvalue weighted by Crippen LogP contribution is 2.17. The van der Waals surface area contributed by atoms with Gasteiger partial charge in [0.25, 0.3) is 0 Å². The van der Waals surface area contributed by atoms with Crippen molar-refractivity contribution in [2.75, 3.05) is 19.8 Å². The summed E-state index contributed by atoms with van der Waals surface area (Å²) in [7, 11) is -3.99. The fourth-order valence-corrected chi connectivity index (χ4v) is 1.55. The van der Waals surface area contributed by atoms with E-state index in [2.05, 4.69) is 13.1 Å². The van der Waals surface area contributed by atoms with Crippen LogP contribution in [0.3, 0.4) is 0 Å². The van der Waals surface area contributed by atoms with Gasteiger partial charge in [-0.2, -0.15) is 8.42 Å². The quantitative estimate of drug-likeness (QED) is 0.576. The Balaban J connectivity index is 2.49. The van der Waals surface area contributed by atoms with Crippen LogP contribution in [0, 0.1) is 0 Å². The van der Waals surface area contributed by atoms with Crippen molar-refractivity contribution in [1.82, 2.24) is 0 Å². The van der Waals surface area contributed by atoms with Gasteiger partial charge in [-0.05, 0) is 0 Å². The smallest absolute Gasteiger partial charge is 0.400 e. The normalized spacial score (nSPS) is 24.1. The highest BCUT2D eigenvalue weighted by molar-refractivity contribution is 7.81. The summed E-state index contributed by atoms with van der Waals surface area (Å²) in [4.78, 5) is 10.4. The van der Waals surface area contributed by atoms with Crippen molar-refractivity contribution in [1.29, 1.82) is 0 Å². The van der Waals surface area contributed by atoms with Crippen molar-refractivity contribution in [3.05, 3.63) is 0 Å². The monoisotopic (exact) mass is 226 g/mol. The van der Waals surface area contributed by atoms with Gasteiger partial charge >= 0.3 is 16.4 Å². The van der Waals surface area contributed by atoms with Crippen molar-refractivity contribution in [2.45, 2.75) is 12.5 Å². The van der Waals surface area contributed by atoms with Gasteiger partial charge in [0, 0.05) is 6.92 Å². The predicted octanol–water partition coefficient (Wildman–Crippen LogP) is -1.43. The Bertz CT molecular complexity index is 305. The highest BCUT2D eigenvalue weighted by Gasteiger charge is 2.38. The van der Waals surface area contributed by atoms with E-state index in [1.807, 2.05) is 0 Å². The van der Waals surface area contributed by atoms with Gasteiger partial charge in [-0.25, -0.2) is 8.37 Å². The maximum Gasteiger partial charge on any atom is 0.400 e. The second-order valence-corrected chi connectivity index (χ2v) is 4.23. The van der Waals surface area contributed by atoms with Crippen LogP contribution in [0.25, 0.3) is 0 Å². The lowest BCUT2D eigenvalue weighted by molar-refractivity contribution is -0.156. The first-order chi connectivity index (χ1) is 6.33. The second kappa shape index (κ2) is 3.81. The van der Waals surface area contributed by atoms with Gasteiger partial charge in [-0.15, -0.1) is 0 Å². The van der Waals surface area contributed by atoms with Gasteiger partial charge in [0.1, 0.15) is 25.4 Å². The standard InChI is InChI=1S/C6H10O7S/c1-5(7)11-2-6(8)3-12-14(9,10)13-4-6/h8H,2-4H2,1H3. The van der Waals surface area contributed by atoms with Crippen molar-refractivity contribution >= 4 is 16.4 Å². The van der Waals surface area contributed by atoms with E-state index in [1.165, 1.54) is 6.92 Å². The molecule has 82 valence electrons. The van der Waals surface area contributed by atoms with Gasteiger partial charge < -0.3 is 9.84 Å². The molecule has 1 fully saturated rings. The number of carbonyl (C=O) groups is 1. The van der Waals surface area contributed by atoms with Crippen LogP contribution in [0.15, 0.2) is 0 Å². The minimum Gasteiger partial charge on any atom is -0.463 e. The topological polar surface area (TPSA) is 99.1 Å². The summed E-state index contributed by atoms with van der Waals surface area (Å²) in [5, 5.41) is 9.56. The zero-order valence-electron chi connectivity index (χ0n) is 7.43. The van der Waals surface area contributed by atoms with Gasteiger partial charge in [-0.1, -0.05) is 0 Å². The largest absolute Gasteiger partial charge is 0.463 e. The molecule has 0 aromatic heterocycles. The molecular formula is C6H10O7S. The molecule has 1 saturated heterocycles. The zero-order chi connectivity index (χ0) is 10.8. The summed E-state index contributed by atoms with van der Waals surface area (Å²) < 4.78 is 34.2. The number of esters is 1. The van der Waals surface area contributed by atoms with E-state index in [-0.39, 0.29) is 6.61 Å². The Morgan fingerprint density at radius 3 is 2.43 bits per heavy atom. The molecule has 0 aromatic carbocycles. The Labute approximate surface area is 80.9 Å². The third kappa shape index (κ3) is 3.22. The fraction of sp³-hybridized carbons (Fsp3) is 0.833. The molecule has 7 nitrogen and oxygen atoms in total. The predicted molar refractivity (Wildman–Crippen MR) is 42.4 cm³/mol. The minimum atomic E-state index is -3.99. The van der Waals surface area contributed by atoms with Crippen molar-refractivity contribution < 1.29 is 31.4 Å². The molecule has 0 aromatic rings. The van der Waals surface area contributed by atoms with Crippen LogP contribution in [-0.2, 0) is 28.3 Å². The van der Waals surface area contributed by atoms with E-state index < -0.39 is 35.2 Å². The number of hydrogen-bond donors (Lipinski definition) is 1. The molecule has 8 heteroatoms. The average molecular weight is 226 g/mol. The summed E-state index contributed by atoms with van der Waals surface area (Å²) in [5.74, 6) is -0.577. The van der Waals surface area contributed by atoms with Crippen LogP contribution < -0.4 is 0 Å². The molecule has 0 atom stereocenters. The molecule has 0 aliphatic carbocycles. The molecule has 0 bridgehead atoms. The molecule has 0 spiro atoms. The molecule has 14 heavy (non-hydrogen) atoms. The van der Waals surface area contributed by atoms with Gasteiger partial charge in [-0.3, -0.25) is 4.79 Å². The van der Waals surface area contributed by atoms with Gasteiger partial charge in [0.2, 0.25) is 0 Å². The van der Waals surface area contributed by atoms with Crippen LogP contribution in [0.1, 0.15) is 6.92 Å². The summed E-state index contributed by atoms with van der Waals surface area (Å²) >= 11 is 0. The van der Waals surface area contributed by atoms with E-state index in [4.69, 9.17) is 0 Å². The maximum absolute atomic E-state index is 10.6. The van der Waals surface area contributed by atoms with Crippen LogP contribution >= 0.6 is 0 Å². The Kier molecular flexibility index (Phi) is 3.10. The van der Waals surface area contributed by atoms with E-state index in [0.717, 1.165) is 0 Å². The lowest BCUT2D eigenvalue weighted by Gasteiger charge is -2.29. The summed E-state index contributed by atoms with van der Waals surface area (Å²) in [6.45, 7) is -0.159. The number of aliphatic hydroxyl groups is 1. The third-order valence-electron chi connectivity index (χ3n) is 1.49. The molecule has 1 heterocycles. The molecule has 0 radical (unpaired) electrons. The van der Waals surface area contributed by atoms with Crippen molar-refractivity contribution in [2.24, 2.45) is 0 Å². The molecular weight excluding hydrogens is 216 g/mol. The average Bonchev–Trinajstić information content (AvgIpc) is 2.08. The van der Waals surface area contributed by atoms with Crippen LogP contribution in [0.2, 0.25) is 0 Å². The van der Waals surface area contributed by atoms with E-state index >= 15 is 0 Å². The Hall–Kier alpha value is -0.700. The van der Waals surface area contributed by atoms with Crippen LogP contribution in [0.5, 0.6) is 0 Å². The van der Waals surface area contributed by atoms with Crippen molar-refractivity contribution in [3.8, 4) is 0 Å². The zero-order valence-corrected chi connectivity index (χ0v) is 8.24. The van der Waals surface area contributed by atoms with Crippen LogP contribution in [-0.4, -0.2) is 44.9 Å². The van der Waals surface area contributed by atoms with E-state index in [1.54, 1.807) is 0 Å². The van der Waals surface area contributed by atoms with Crippen molar-refractivity contribution in [3.63, 3.8) is 0 Å². The van der Waals surface area contributed by atoms with E-state index in [9.17, 15) is 18.3 Å². The lowest BCUT2D eigenvalue weighted by Crippen LogP contribution is -2.49. The molecule has 1 aliphatic heterocycles. The second-order valence-electron chi connectivity index (χ2n) is 2.94. The summed E-state index contributed by atoms with van der Waals surface area (Å²) in [6, 6.07) is 0. The first-order valence-electron chi connectivity index (χ1n) is 3.73. The molecule has 0 saturated carbocycles. The van der Waals surface area contributed by atoms with Gasteiger partial charge in [0.15, 0.2) is 0 Å². The number of rotatable bonds is 2. The molecule has 0 unspecified atom stereocenters. The third-order valence-corrected chi connectivity index (χ3v) is 2.30. The first-order valence-corrected chi connectivity index (χ1v) is 5.06. The van der Waals surface area contributed by atoms with Gasteiger partial charge in [0.05, 0.1) is 0 Å². The molecule has 1 aliphatic rings. The molecule has 1 rings (SSSR count). The number of ether oxygens (including phenoxy) is 1. The molecule has 1 N–H and O–H groups in total. The minimum absolute atomic E-state index is 0.363. The summed E-state index contributed by atoms with van der Waals surface area (Å²) in [5.41, 5.74) is -1.60. The lowest BCUT2D eigenvalue weighted by atomic mass is 10.1. The molecule has 0 amide bonds. The highest BCUT2D eigenvalue weighted by atomic mass is 32.3. The maximum atomic E-state index is 10.6. The first kappa shape index (κ1) is 11.4. The summed E-state index contributed by atoms with van der Waals surface area (Å²) in [6.07, 6.45) is 0. The SMILES string of the molecule is CC(=O)OCC1(O)COS(=O)(=O)OC1.